The molecule has 0 radical (unpaired) electrons. The lowest BCUT2D eigenvalue weighted by atomic mass is 10.1. The Morgan fingerprint density at radius 1 is 0.829 bits per heavy atom. The summed E-state index contributed by atoms with van der Waals surface area (Å²) in [5.74, 6) is 0. The van der Waals surface area contributed by atoms with Gasteiger partial charge in [0, 0.05) is 51.9 Å². The highest BCUT2D eigenvalue weighted by Crippen LogP contribution is 2.65. The molecule has 2 heterocycles. The fraction of sp³-hybridized carbons (Fsp3) is 0.400. The van der Waals surface area contributed by atoms with Crippen LogP contribution in [0.1, 0.15) is 51.7 Å². The van der Waals surface area contributed by atoms with Gasteiger partial charge in [-0.2, -0.15) is 0 Å². The molecule has 0 aliphatic carbocycles. The number of aryl methyl sites for hydroxylation is 3. The number of hydrogen-bond donors (Lipinski definition) is 0. The smallest absolute Gasteiger partial charge is 0.0720 e. The van der Waals surface area contributed by atoms with Crippen molar-refractivity contribution >= 4 is 40.0 Å². The fourth-order valence-corrected chi connectivity index (χ4v) is 10.2. The highest BCUT2D eigenvalue weighted by Gasteiger charge is 2.42. The number of aromatic nitrogens is 1. The minimum Gasteiger partial charge on any atom is -1.00 e. The zero-order chi connectivity index (χ0) is 24.1. The van der Waals surface area contributed by atoms with E-state index in [1.54, 1.807) is 0 Å². The molecule has 1 aliphatic rings. The minimum atomic E-state index is -2.07. The van der Waals surface area contributed by atoms with Gasteiger partial charge >= 0.3 is 0 Å². The van der Waals surface area contributed by atoms with Gasteiger partial charge in [0.2, 0.25) is 0 Å². The molecule has 1 fully saturated rings. The van der Waals surface area contributed by atoms with Crippen LogP contribution < -0.4 is 17.7 Å². The van der Waals surface area contributed by atoms with Crippen LogP contribution in [0.25, 0.3) is 21.8 Å². The van der Waals surface area contributed by atoms with Crippen LogP contribution in [-0.4, -0.2) is 27.5 Å². The first-order chi connectivity index (χ1) is 16.3. The van der Waals surface area contributed by atoms with Crippen molar-refractivity contribution in [3.8, 4) is 0 Å². The molecular formula is C30H38ClN3P-. The van der Waals surface area contributed by atoms with E-state index >= 15 is 0 Å². The maximum absolute atomic E-state index is 5.76. The Labute approximate surface area is 217 Å². The first-order valence-electron chi connectivity index (χ1n) is 12.7. The molecular weight excluding hydrogens is 469 g/mol. The van der Waals surface area contributed by atoms with Crippen molar-refractivity contribution < 1.29 is 12.4 Å². The van der Waals surface area contributed by atoms with Crippen LogP contribution in [0.4, 0.5) is 5.69 Å². The summed E-state index contributed by atoms with van der Waals surface area (Å²) >= 11 is 0. The summed E-state index contributed by atoms with van der Waals surface area (Å²) in [6.45, 7) is 17.1. The van der Waals surface area contributed by atoms with Crippen LogP contribution >= 0.6 is 7.21 Å². The van der Waals surface area contributed by atoms with Gasteiger partial charge in [-0.3, -0.25) is 4.67 Å². The lowest BCUT2D eigenvalue weighted by Gasteiger charge is -2.44. The van der Waals surface area contributed by atoms with E-state index in [0.29, 0.717) is 0 Å². The normalized spacial score (nSPS) is 16.4. The molecule has 1 aromatic heterocycles. The molecule has 1 unspecified atom stereocenters. The number of fused-ring (bicyclic) bond motifs is 3. The average Bonchev–Trinajstić information content (AvgIpc) is 3.45. The molecule has 5 rings (SSSR count). The molecule has 5 heteroatoms. The zero-order valence-electron chi connectivity index (χ0n) is 22.0. The van der Waals surface area contributed by atoms with Gasteiger partial charge in [-0.1, -0.05) is 45.0 Å². The molecule has 3 nitrogen and oxygen atoms in total. The Hall–Kier alpha value is -2.06. The third-order valence-electron chi connectivity index (χ3n) is 7.61. The maximum Gasteiger partial charge on any atom is 0.0720 e. The summed E-state index contributed by atoms with van der Waals surface area (Å²) in [5.41, 5.74) is 6.41. The van der Waals surface area contributed by atoms with Gasteiger partial charge < -0.3 is 17.0 Å². The minimum absolute atomic E-state index is 0. The summed E-state index contributed by atoms with van der Waals surface area (Å²) < 4.78 is 11.0. The monoisotopic (exact) mass is 506 g/mol. The predicted molar refractivity (Wildman–Crippen MR) is 150 cm³/mol. The molecule has 3 aromatic carbocycles. The summed E-state index contributed by atoms with van der Waals surface area (Å²) in [7, 11) is -2.07. The van der Waals surface area contributed by atoms with Crippen LogP contribution in [0.3, 0.4) is 0 Å². The van der Waals surface area contributed by atoms with Crippen LogP contribution in [0.2, 0.25) is 0 Å². The van der Waals surface area contributed by atoms with Crippen LogP contribution in [0.15, 0.2) is 65.4 Å². The molecule has 0 bridgehead atoms. The molecule has 0 saturated carbocycles. The quantitative estimate of drug-likeness (QED) is 0.339. The summed E-state index contributed by atoms with van der Waals surface area (Å²) in [6.07, 6.45) is 2.52. The van der Waals surface area contributed by atoms with Crippen LogP contribution in [-0.2, 0) is 6.54 Å². The maximum atomic E-state index is 5.76. The SMILES string of the molecule is CCn1c2ccccc2c2cc(P(=Nc3ccc(C)c(C)c3)(N3CCCC3)C(C)(C)C)ccc21.[Cl-]. The summed E-state index contributed by atoms with van der Waals surface area (Å²) in [5, 5.41) is 4.14. The van der Waals surface area contributed by atoms with Gasteiger partial charge in [-0.15, -0.1) is 0 Å². The van der Waals surface area contributed by atoms with Crippen molar-refractivity contribution in [2.75, 3.05) is 13.1 Å². The Morgan fingerprint density at radius 2 is 1.51 bits per heavy atom. The Bertz CT molecular complexity index is 1420. The Balaban J connectivity index is 0.00000289. The number of nitrogens with zero attached hydrogens (tertiary/aromatic N) is 3. The summed E-state index contributed by atoms with van der Waals surface area (Å²) in [4.78, 5) is 0. The van der Waals surface area contributed by atoms with Crippen LogP contribution in [0, 0.1) is 13.8 Å². The van der Waals surface area contributed by atoms with Gasteiger partial charge in [-0.05, 0) is 81.1 Å². The third-order valence-corrected chi connectivity index (χ3v) is 12.2. The molecule has 1 atom stereocenters. The van der Waals surface area contributed by atoms with Crippen molar-refractivity contribution in [1.29, 1.82) is 0 Å². The predicted octanol–water partition coefficient (Wildman–Crippen LogP) is 5.40. The lowest BCUT2D eigenvalue weighted by molar-refractivity contribution is -0.00000737. The van der Waals surface area contributed by atoms with Gasteiger partial charge in [0.15, 0.2) is 0 Å². The second kappa shape index (κ2) is 9.77. The van der Waals surface area contributed by atoms with E-state index in [4.69, 9.17) is 4.74 Å². The van der Waals surface area contributed by atoms with Crippen LogP contribution in [0.5, 0.6) is 0 Å². The molecule has 0 N–H and O–H groups in total. The fourth-order valence-electron chi connectivity index (χ4n) is 5.77. The third kappa shape index (κ3) is 4.26. The van der Waals surface area contributed by atoms with E-state index in [0.717, 1.165) is 25.3 Å². The highest BCUT2D eigenvalue weighted by atomic mass is 35.5. The highest BCUT2D eigenvalue weighted by molar-refractivity contribution is 7.73. The first kappa shape index (κ1) is 26.0. The number of halogens is 1. The first-order valence-corrected chi connectivity index (χ1v) is 14.4. The average molecular weight is 507 g/mol. The lowest BCUT2D eigenvalue weighted by Crippen LogP contribution is -3.00. The number of rotatable bonds is 4. The Morgan fingerprint density at radius 3 is 2.17 bits per heavy atom. The second-order valence-corrected chi connectivity index (χ2v) is 14.6. The number of para-hydroxylation sites is 1. The Kier molecular flexibility index (Phi) is 7.26. The van der Waals surface area contributed by atoms with E-state index in [-0.39, 0.29) is 17.6 Å². The molecule has 35 heavy (non-hydrogen) atoms. The summed E-state index contributed by atoms with van der Waals surface area (Å²) in [6, 6.07) is 22.8. The largest absolute Gasteiger partial charge is 1.00 e. The van der Waals surface area contributed by atoms with E-state index in [1.165, 1.54) is 51.1 Å². The van der Waals surface area contributed by atoms with Gasteiger partial charge in [0.05, 0.1) is 12.9 Å². The van der Waals surface area contributed by atoms with E-state index in [2.05, 4.69) is 111 Å². The van der Waals surface area contributed by atoms with Gasteiger partial charge in [0.25, 0.3) is 0 Å². The van der Waals surface area contributed by atoms with E-state index < -0.39 is 7.21 Å². The molecule has 1 saturated heterocycles. The molecule has 0 spiro atoms. The van der Waals surface area contributed by atoms with Crippen molar-refractivity contribution in [2.24, 2.45) is 4.74 Å². The van der Waals surface area contributed by atoms with Gasteiger partial charge in [0.1, 0.15) is 0 Å². The van der Waals surface area contributed by atoms with Crippen molar-refractivity contribution in [3.63, 3.8) is 0 Å². The molecule has 0 amide bonds. The van der Waals surface area contributed by atoms with E-state index in [1.807, 2.05) is 0 Å². The molecule has 1 aliphatic heterocycles. The van der Waals surface area contributed by atoms with Crippen molar-refractivity contribution in [1.82, 2.24) is 9.24 Å². The van der Waals surface area contributed by atoms with E-state index in [9.17, 15) is 0 Å². The second-order valence-electron chi connectivity index (χ2n) is 10.8. The van der Waals surface area contributed by atoms with Crippen molar-refractivity contribution in [3.05, 3.63) is 71.8 Å². The van der Waals surface area contributed by atoms with Crippen molar-refractivity contribution in [2.45, 2.75) is 66.1 Å². The zero-order valence-corrected chi connectivity index (χ0v) is 23.6. The topological polar surface area (TPSA) is 20.5 Å². The molecule has 4 aromatic rings. The number of benzene rings is 3. The standard InChI is InChI=1S/C30H38N3P.ClH/c1-7-33-28-13-9-8-12-26(28)27-21-25(16-17-29(27)33)34(30(4,5)6,32-18-10-11-19-32)31-24-15-14-22(2)23(3)20-24;/h8-9,12-17,20-21H,7,10-11,18-19H2,1-6H3;1H/p-1. The number of hydrogen-bond acceptors (Lipinski definition) is 1. The van der Waals surface area contributed by atoms with Gasteiger partial charge in [-0.25, -0.2) is 4.74 Å². The molecule has 186 valence electrons.